The van der Waals surface area contributed by atoms with Gasteiger partial charge < -0.3 is 9.84 Å². The number of benzene rings is 1. The van der Waals surface area contributed by atoms with Crippen LogP contribution >= 0.6 is 0 Å². The van der Waals surface area contributed by atoms with Crippen LogP contribution in [0.3, 0.4) is 0 Å². The Kier molecular flexibility index (Phi) is 7.00. The van der Waals surface area contributed by atoms with E-state index in [-0.39, 0.29) is 6.61 Å². The van der Waals surface area contributed by atoms with E-state index in [1.807, 2.05) is 37.5 Å². The van der Waals surface area contributed by atoms with Gasteiger partial charge in [-0.1, -0.05) is 24.3 Å². The van der Waals surface area contributed by atoms with Gasteiger partial charge in [0.2, 0.25) is 0 Å². The minimum Gasteiger partial charge on any atom is -0.494 e. The highest BCUT2D eigenvalue weighted by Crippen LogP contribution is 2.23. The fraction of sp³-hybridized carbons (Fsp3) is 0.476. The molecule has 1 aliphatic heterocycles. The van der Waals surface area contributed by atoms with E-state index in [0.717, 1.165) is 44.9 Å². The van der Waals surface area contributed by atoms with E-state index < -0.39 is 0 Å². The zero-order valence-corrected chi connectivity index (χ0v) is 15.6. The number of piperazine rings is 1. The molecule has 5 heteroatoms. The number of aliphatic hydroxyl groups is 1. The van der Waals surface area contributed by atoms with E-state index >= 15 is 0 Å². The van der Waals surface area contributed by atoms with Crippen molar-refractivity contribution in [1.82, 2.24) is 14.8 Å². The lowest BCUT2D eigenvalue weighted by atomic mass is 10.1. The summed E-state index contributed by atoms with van der Waals surface area (Å²) in [6.45, 7) is 7.67. The molecule has 2 aromatic rings. The molecule has 1 fully saturated rings. The molecule has 140 valence electrons. The number of rotatable bonds is 8. The third-order valence-electron chi connectivity index (χ3n) is 4.93. The first-order chi connectivity index (χ1) is 12.8. The number of pyridine rings is 1. The predicted octanol–water partition coefficient (Wildman–Crippen LogP) is 2.55. The Morgan fingerprint density at radius 1 is 1.15 bits per heavy atom. The maximum atomic E-state index is 9.54. The Labute approximate surface area is 156 Å². The molecule has 1 aromatic heterocycles. The van der Waals surface area contributed by atoms with Crippen molar-refractivity contribution in [2.75, 3.05) is 32.8 Å². The lowest BCUT2D eigenvalue weighted by Gasteiger charge is -2.41. The minimum absolute atomic E-state index is 0.217. The van der Waals surface area contributed by atoms with Crippen molar-refractivity contribution in [3.63, 3.8) is 0 Å². The van der Waals surface area contributed by atoms with Crippen molar-refractivity contribution < 1.29 is 9.84 Å². The molecule has 1 atom stereocenters. The van der Waals surface area contributed by atoms with Crippen LogP contribution in [-0.2, 0) is 13.1 Å². The number of nitrogens with zero attached hydrogens (tertiary/aromatic N) is 3. The lowest BCUT2D eigenvalue weighted by Crippen LogP contribution is -2.52. The highest BCUT2D eigenvalue weighted by Gasteiger charge is 2.27. The van der Waals surface area contributed by atoms with Crippen LogP contribution in [0.2, 0.25) is 0 Å². The number of aliphatic hydroxyl groups excluding tert-OH is 1. The first-order valence-corrected chi connectivity index (χ1v) is 9.47. The summed E-state index contributed by atoms with van der Waals surface area (Å²) in [5.74, 6) is 0.968. The Balaban J connectivity index is 1.65. The number of hydrogen-bond acceptors (Lipinski definition) is 5. The second-order valence-corrected chi connectivity index (χ2v) is 6.77. The van der Waals surface area contributed by atoms with Crippen molar-refractivity contribution in [3.05, 3.63) is 59.9 Å². The van der Waals surface area contributed by atoms with Crippen LogP contribution in [0.4, 0.5) is 0 Å². The van der Waals surface area contributed by atoms with E-state index in [1.54, 1.807) is 0 Å². The molecule has 26 heavy (non-hydrogen) atoms. The summed E-state index contributed by atoms with van der Waals surface area (Å²) in [6.07, 6.45) is 4.54. The summed E-state index contributed by atoms with van der Waals surface area (Å²) in [7, 11) is 0. The molecule has 3 rings (SSSR count). The number of para-hydroxylation sites is 1. The Morgan fingerprint density at radius 3 is 2.81 bits per heavy atom. The molecule has 0 aliphatic carbocycles. The van der Waals surface area contributed by atoms with Gasteiger partial charge in [-0.25, -0.2) is 0 Å². The molecule has 0 radical (unpaired) electrons. The zero-order chi connectivity index (χ0) is 18.2. The summed E-state index contributed by atoms with van der Waals surface area (Å²) < 4.78 is 5.78. The van der Waals surface area contributed by atoms with Gasteiger partial charge in [-0.05, 0) is 31.0 Å². The molecule has 0 saturated carbocycles. The highest BCUT2D eigenvalue weighted by molar-refractivity contribution is 5.33. The van der Waals surface area contributed by atoms with Gasteiger partial charge in [-0.3, -0.25) is 14.8 Å². The summed E-state index contributed by atoms with van der Waals surface area (Å²) >= 11 is 0. The predicted molar refractivity (Wildman–Crippen MR) is 103 cm³/mol. The van der Waals surface area contributed by atoms with E-state index in [0.29, 0.717) is 12.6 Å². The quantitative estimate of drug-likeness (QED) is 0.789. The first-order valence-electron chi connectivity index (χ1n) is 9.47. The van der Waals surface area contributed by atoms with Gasteiger partial charge in [0.25, 0.3) is 0 Å². The van der Waals surface area contributed by atoms with Gasteiger partial charge >= 0.3 is 0 Å². The smallest absolute Gasteiger partial charge is 0.123 e. The fourth-order valence-electron chi connectivity index (χ4n) is 3.63. The maximum absolute atomic E-state index is 9.54. The zero-order valence-electron chi connectivity index (χ0n) is 15.6. The highest BCUT2D eigenvalue weighted by atomic mass is 16.5. The topological polar surface area (TPSA) is 48.8 Å². The van der Waals surface area contributed by atoms with Gasteiger partial charge in [0.05, 0.1) is 6.61 Å². The van der Waals surface area contributed by atoms with Crippen LogP contribution in [0, 0.1) is 0 Å². The van der Waals surface area contributed by atoms with Crippen LogP contribution in [0.5, 0.6) is 5.75 Å². The normalized spacial score (nSPS) is 18.8. The van der Waals surface area contributed by atoms with E-state index in [4.69, 9.17) is 4.74 Å². The molecule has 5 nitrogen and oxygen atoms in total. The Morgan fingerprint density at radius 2 is 2.04 bits per heavy atom. The summed E-state index contributed by atoms with van der Waals surface area (Å²) in [5, 5.41) is 9.54. The summed E-state index contributed by atoms with van der Waals surface area (Å²) in [6, 6.07) is 12.7. The minimum atomic E-state index is 0.217. The summed E-state index contributed by atoms with van der Waals surface area (Å²) in [5.41, 5.74) is 2.46. The molecule has 1 saturated heterocycles. The molecule has 1 unspecified atom stereocenters. The second-order valence-electron chi connectivity index (χ2n) is 6.77. The average Bonchev–Trinajstić information content (AvgIpc) is 2.66. The van der Waals surface area contributed by atoms with Crippen molar-refractivity contribution in [1.29, 1.82) is 0 Å². The van der Waals surface area contributed by atoms with Gasteiger partial charge in [-0.2, -0.15) is 0 Å². The Bertz CT molecular complexity index is 665. The SMILES string of the molecule is CCOc1ccccc1CN1CCN(Cc2cccnc2)CC1CCO. The fourth-order valence-corrected chi connectivity index (χ4v) is 3.63. The van der Waals surface area contributed by atoms with Crippen molar-refractivity contribution in [2.45, 2.75) is 32.5 Å². The number of aromatic nitrogens is 1. The molecule has 0 spiro atoms. The molecule has 1 aliphatic rings. The first kappa shape index (κ1) is 18.8. The monoisotopic (exact) mass is 355 g/mol. The molecule has 1 N–H and O–H groups in total. The van der Waals surface area contributed by atoms with Crippen LogP contribution in [0.1, 0.15) is 24.5 Å². The molecular formula is C21H29N3O2. The van der Waals surface area contributed by atoms with Crippen molar-refractivity contribution in [3.8, 4) is 5.75 Å². The van der Waals surface area contributed by atoms with Crippen molar-refractivity contribution in [2.24, 2.45) is 0 Å². The third-order valence-corrected chi connectivity index (χ3v) is 4.93. The second kappa shape index (κ2) is 9.67. The van der Waals surface area contributed by atoms with Gasteiger partial charge in [0.1, 0.15) is 5.75 Å². The molecule has 0 bridgehead atoms. The number of ether oxygens (including phenoxy) is 1. The van der Waals surface area contributed by atoms with E-state index in [2.05, 4.69) is 33.0 Å². The molecule has 2 heterocycles. The Hall–Kier alpha value is -1.95. The standard InChI is InChI=1S/C21H29N3O2/c1-2-26-21-8-4-3-7-19(21)16-24-12-11-23(17-20(24)9-13-25)15-18-6-5-10-22-14-18/h3-8,10,14,20,25H,2,9,11-13,15-17H2,1H3. The maximum Gasteiger partial charge on any atom is 0.123 e. The van der Waals surface area contributed by atoms with Gasteiger partial charge in [-0.15, -0.1) is 0 Å². The molecule has 1 aromatic carbocycles. The van der Waals surface area contributed by atoms with Crippen LogP contribution in [0.15, 0.2) is 48.8 Å². The summed E-state index contributed by atoms with van der Waals surface area (Å²) in [4.78, 5) is 9.15. The lowest BCUT2D eigenvalue weighted by molar-refractivity contribution is 0.0493. The van der Waals surface area contributed by atoms with Crippen LogP contribution < -0.4 is 4.74 Å². The van der Waals surface area contributed by atoms with Gasteiger partial charge in [0.15, 0.2) is 0 Å². The average molecular weight is 355 g/mol. The van der Waals surface area contributed by atoms with Crippen LogP contribution in [-0.4, -0.2) is 58.8 Å². The van der Waals surface area contributed by atoms with E-state index in [9.17, 15) is 5.11 Å². The number of hydrogen-bond donors (Lipinski definition) is 1. The van der Waals surface area contributed by atoms with Gasteiger partial charge in [0, 0.05) is 63.3 Å². The molecule has 0 amide bonds. The third kappa shape index (κ3) is 5.04. The molecular weight excluding hydrogens is 326 g/mol. The van der Waals surface area contributed by atoms with E-state index in [1.165, 1.54) is 11.1 Å². The van der Waals surface area contributed by atoms with Crippen LogP contribution in [0.25, 0.3) is 0 Å². The largest absolute Gasteiger partial charge is 0.494 e. The van der Waals surface area contributed by atoms with Crippen molar-refractivity contribution >= 4 is 0 Å².